The van der Waals surface area contributed by atoms with Gasteiger partial charge in [-0.25, -0.2) is 14.4 Å². The van der Waals surface area contributed by atoms with E-state index in [4.69, 9.17) is 14.2 Å². The van der Waals surface area contributed by atoms with Crippen LogP contribution in [0.15, 0.2) is 60.1 Å². The molecule has 1 aromatic carbocycles. The Hall–Kier alpha value is -4.14. The fraction of sp³-hybridized carbons (Fsp3) is 0.217. The second-order valence-corrected chi connectivity index (χ2v) is 6.74. The van der Waals surface area contributed by atoms with Crippen molar-refractivity contribution in [3.8, 4) is 11.5 Å². The summed E-state index contributed by atoms with van der Waals surface area (Å²) in [5.41, 5.74) is 2.03. The van der Waals surface area contributed by atoms with Crippen molar-refractivity contribution < 1.29 is 28.6 Å². The van der Waals surface area contributed by atoms with Crippen molar-refractivity contribution in [1.29, 1.82) is 0 Å². The summed E-state index contributed by atoms with van der Waals surface area (Å²) in [4.78, 5) is 40.6. The summed E-state index contributed by atoms with van der Waals surface area (Å²) in [5, 5.41) is 5.29. The lowest BCUT2D eigenvalue weighted by molar-refractivity contribution is -0.139. The Morgan fingerprint density at radius 3 is 2.59 bits per heavy atom. The molecule has 0 bridgehead atoms. The highest BCUT2D eigenvalue weighted by atomic mass is 16.6. The lowest BCUT2D eigenvalue weighted by atomic mass is 9.95. The maximum Gasteiger partial charge on any atom is 0.338 e. The quantitative estimate of drug-likeness (QED) is 0.389. The predicted octanol–water partition coefficient (Wildman–Crippen LogP) is 2.90. The van der Waals surface area contributed by atoms with Crippen molar-refractivity contribution in [2.45, 2.75) is 19.9 Å². The predicted molar refractivity (Wildman–Crippen MR) is 116 cm³/mol. The average Bonchev–Trinajstić information content (AvgIpc) is 2.78. The molecule has 166 valence electrons. The van der Waals surface area contributed by atoms with Gasteiger partial charge in [0.25, 0.3) is 0 Å². The number of rotatable bonds is 7. The normalized spacial score (nSPS) is 15.7. The van der Waals surface area contributed by atoms with Gasteiger partial charge in [-0.3, -0.25) is 4.98 Å². The largest absolute Gasteiger partial charge is 0.493 e. The van der Waals surface area contributed by atoms with Gasteiger partial charge in [0.2, 0.25) is 0 Å². The SMILES string of the molecule is CCOC(=O)C1=C(C)NC(=O)NC1c1ccc(OC(=O)/C=C/c2ccncc2)c(OC)c1. The summed E-state index contributed by atoms with van der Waals surface area (Å²) in [6, 6.07) is 7.08. The van der Waals surface area contributed by atoms with Crippen molar-refractivity contribution >= 4 is 24.0 Å². The number of nitrogens with one attached hydrogen (secondary N) is 2. The number of allylic oxidation sites excluding steroid dienone is 1. The van der Waals surface area contributed by atoms with Crippen molar-refractivity contribution in [3.63, 3.8) is 0 Å². The molecule has 0 saturated heterocycles. The third-order valence-corrected chi connectivity index (χ3v) is 4.61. The number of hydrogen-bond acceptors (Lipinski definition) is 7. The monoisotopic (exact) mass is 437 g/mol. The molecule has 2 amide bonds. The molecule has 2 N–H and O–H groups in total. The van der Waals surface area contributed by atoms with E-state index >= 15 is 0 Å². The van der Waals surface area contributed by atoms with Gasteiger partial charge in [-0.15, -0.1) is 0 Å². The van der Waals surface area contributed by atoms with E-state index in [-0.39, 0.29) is 23.7 Å². The lowest BCUT2D eigenvalue weighted by Crippen LogP contribution is -2.45. The number of methoxy groups -OCH3 is 1. The van der Waals surface area contributed by atoms with E-state index < -0.39 is 24.0 Å². The number of carbonyl (C=O) groups excluding carboxylic acids is 3. The van der Waals surface area contributed by atoms with E-state index in [1.165, 1.54) is 13.2 Å². The molecule has 1 aliphatic heterocycles. The number of carbonyl (C=O) groups is 3. The third kappa shape index (κ3) is 5.31. The molecule has 1 unspecified atom stereocenters. The van der Waals surface area contributed by atoms with Crippen LogP contribution in [-0.2, 0) is 14.3 Å². The summed E-state index contributed by atoms with van der Waals surface area (Å²) in [7, 11) is 1.43. The van der Waals surface area contributed by atoms with Gasteiger partial charge in [0, 0.05) is 24.2 Å². The van der Waals surface area contributed by atoms with Gasteiger partial charge in [0.05, 0.1) is 25.3 Å². The Morgan fingerprint density at radius 2 is 1.91 bits per heavy atom. The van der Waals surface area contributed by atoms with Crippen LogP contribution in [0.1, 0.15) is 31.0 Å². The molecule has 9 nitrogen and oxygen atoms in total. The van der Waals surface area contributed by atoms with Crippen LogP contribution in [0.5, 0.6) is 11.5 Å². The topological polar surface area (TPSA) is 116 Å². The highest BCUT2D eigenvalue weighted by Gasteiger charge is 2.32. The summed E-state index contributed by atoms with van der Waals surface area (Å²) in [5.74, 6) is -0.676. The fourth-order valence-corrected chi connectivity index (χ4v) is 3.15. The van der Waals surface area contributed by atoms with Crippen LogP contribution in [0.4, 0.5) is 4.79 Å². The molecule has 1 aromatic heterocycles. The van der Waals surface area contributed by atoms with Crippen LogP contribution in [-0.4, -0.2) is 36.7 Å². The molecule has 3 rings (SSSR count). The van der Waals surface area contributed by atoms with E-state index in [0.29, 0.717) is 11.3 Å². The van der Waals surface area contributed by atoms with Crippen molar-refractivity contribution in [3.05, 3.63) is 71.2 Å². The molecule has 9 heteroatoms. The number of hydrogen-bond donors (Lipinski definition) is 2. The van der Waals surface area contributed by atoms with Crippen LogP contribution >= 0.6 is 0 Å². The summed E-state index contributed by atoms with van der Waals surface area (Å²) < 4.78 is 15.9. The fourth-order valence-electron chi connectivity index (χ4n) is 3.15. The second-order valence-electron chi connectivity index (χ2n) is 6.74. The molecule has 1 aliphatic rings. The number of esters is 2. The first-order chi connectivity index (χ1) is 15.4. The molecule has 32 heavy (non-hydrogen) atoms. The minimum Gasteiger partial charge on any atom is -0.493 e. The number of urea groups is 1. The Labute approximate surface area is 185 Å². The zero-order valence-electron chi connectivity index (χ0n) is 17.9. The minimum atomic E-state index is -0.756. The van der Waals surface area contributed by atoms with E-state index in [9.17, 15) is 14.4 Å². The van der Waals surface area contributed by atoms with Gasteiger partial charge < -0.3 is 24.8 Å². The number of aromatic nitrogens is 1. The molecule has 0 spiro atoms. The number of nitrogens with zero attached hydrogens (tertiary/aromatic N) is 1. The van der Waals surface area contributed by atoms with Crippen molar-refractivity contribution in [1.82, 2.24) is 15.6 Å². The Kier molecular flexibility index (Phi) is 7.22. The molecular weight excluding hydrogens is 414 g/mol. The zero-order chi connectivity index (χ0) is 23.1. The van der Waals surface area contributed by atoms with Gasteiger partial charge in [0.15, 0.2) is 11.5 Å². The van der Waals surface area contributed by atoms with Gasteiger partial charge in [-0.2, -0.15) is 0 Å². The maximum absolute atomic E-state index is 12.5. The average molecular weight is 437 g/mol. The number of ether oxygens (including phenoxy) is 3. The molecular formula is C23H23N3O6. The van der Waals surface area contributed by atoms with Gasteiger partial charge in [-0.05, 0) is 55.3 Å². The van der Waals surface area contributed by atoms with Crippen molar-refractivity contribution in [2.24, 2.45) is 0 Å². The van der Waals surface area contributed by atoms with Crippen LogP contribution in [0.25, 0.3) is 6.08 Å². The molecule has 0 fully saturated rings. The Balaban J connectivity index is 1.84. The first-order valence-electron chi connectivity index (χ1n) is 9.86. The Morgan fingerprint density at radius 1 is 1.16 bits per heavy atom. The standard InChI is InChI=1S/C23H23N3O6/c1-4-31-22(28)20-14(2)25-23(29)26-21(20)16-6-7-17(18(13-16)30-3)32-19(27)8-5-15-9-11-24-12-10-15/h5-13,21H,4H2,1-3H3,(H2,25,26,29)/b8-5+. The van der Waals surface area contributed by atoms with Crippen molar-refractivity contribution in [2.75, 3.05) is 13.7 Å². The van der Waals surface area contributed by atoms with Crippen LogP contribution in [0, 0.1) is 0 Å². The Bertz CT molecular complexity index is 1080. The maximum atomic E-state index is 12.5. The third-order valence-electron chi connectivity index (χ3n) is 4.61. The molecule has 2 heterocycles. The zero-order valence-corrected chi connectivity index (χ0v) is 17.9. The van der Waals surface area contributed by atoms with E-state index in [1.807, 2.05) is 0 Å². The molecule has 1 atom stereocenters. The summed E-state index contributed by atoms with van der Waals surface area (Å²) in [6.07, 6.45) is 6.13. The van der Waals surface area contributed by atoms with Crippen LogP contribution < -0.4 is 20.1 Å². The molecule has 2 aromatic rings. The first-order valence-corrected chi connectivity index (χ1v) is 9.86. The first kappa shape index (κ1) is 22.5. The number of benzene rings is 1. The summed E-state index contributed by atoms with van der Waals surface area (Å²) >= 11 is 0. The molecule has 0 radical (unpaired) electrons. The molecule has 0 saturated carbocycles. The lowest BCUT2D eigenvalue weighted by Gasteiger charge is -2.28. The highest BCUT2D eigenvalue weighted by molar-refractivity contribution is 5.95. The van der Waals surface area contributed by atoms with Crippen LogP contribution in [0.2, 0.25) is 0 Å². The number of pyridine rings is 1. The number of amides is 2. The smallest absolute Gasteiger partial charge is 0.338 e. The molecule has 0 aliphatic carbocycles. The summed E-state index contributed by atoms with van der Waals surface area (Å²) in [6.45, 7) is 3.52. The van der Waals surface area contributed by atoms with Gasteiger partial charge >= 0.3 is 18.0 Å². The van der Waals surface area contributed by atoms with E-state index in [2.05, 4.69) is 15.6 Å². The second kappa shape index (κ2) is 10.3. The van der Waals surface area contributed by atoms with Crippen LogP contribution in [0.3, 0.4) is 0 Å². The minimum absolute atomic E-state index is 0.194. The van der Waals surface area contributed by atoms with Gasteiger partial charge in [-0.1, -0.05) is 6.07 Å². The van der Waals surface area contributed by atoms with E-state index in [1.54, 1.807) is 62.6 Å². The highest BCUT2D eigenvalue weighted by Crippen LogP contribution is 2.34. The van der Waals surface area contributed by atoms with E-state index in [0.717, 1.165) is 5.56 Å². The van der Waals surface area contributed by atoms with Gasteiger partial charge in [0.1, 0.15) is 0 Å².